The van der Waals surface area contributed by atoms with Gasteiger partial charge in [-0.2, -0.15) is 0 Å². The molecule has 0 aromatic carbocycles. The lowest BCUT2D eigenvalue weighted by molar-refractivity contribution is -0.135. The van der Waals surface area contributed by atoms with Gasteiger partial charge in [0.1, 0.15) is 0 Å². The van der Waals surface area contributed by atoms with Crippen molar-refractivity contribution >= 4 is 17.9 Å². The Balaban J connectivity index is -0.0000000288. The van der Waals surface area contributed by atoms with Crippen molar-refractivity contribution in [3.05, 3.63) is 12.7 Å². The van der Waals surface area contributed by atoms with E-state index in [2.05, 4.69) is 6.58 Å². The van der Waals surface area contributed by atoms with Crippen molar-refractivity contribution in [2.75, 3.05) is 6.61 Å². The third-order valence-electron chi connectivity index (χ3n) is 0.333. The summed E-state index contributed by atoms with van der Waals surface area (Å²) in [4.78, 5) is 27.0. The van der Waals surface area contributed by atoms with Crippen LogP contribution in [0.2, 0.25) is 0 Å². The lowest BCUT2D eigenvalue weighted by atomic mass is 10.5. The third-order valence-corrected chi connectivity index (χ3v) is 0.333. The number of carboxylic acids is 3. The summed E-state index contributed by atoms with van der Waals surface area (Å²) in [6.45, 7) is 6.87. The van der Waals surface area contributed by atoms with Crippen LogP contribution in [-0.4, -0.2) is 44.9 Å². The molecule has 0 heterocycles. The fourth-order valence-electron chi connectivity index (χ4n) is 0.0913. The number of aliphatic hydroxyl groups excluding tert-OH is 1. The Kier molecular flexibility index (Phi) is 68.1. The van der Waals surface area contributed by atoms with Gasteiger partial charge in [0.05, 0.1) is 0 Å². The maximum atomic E-state index is 9.00. The predicted molar refractivity (Wildman–Crippen MR) is 71.9 cm³/mol. The van der Waals surface area contributed by atoms with E-state index in [0.29, 0.717) is 6.42 Å². The average molecular weight is 286 g/mol. The van der Waals surface area contributed by atoms with Crippen LogP contribution in [0.5, 0.6) is 0 Å². The van der Waals surface area contributed by atoms with Gasteiger partial charge in [0, 0.05) is 27.4 Å². The van der Waals surface area contributed by atoms with E-state index >= 15 is 0 Å². The number of aliphatic hydroxyl groups is 1. The van der Waals surface area contributed by atoms with Gasteiger partial charge < -0.3 is 32.7 Å². The Morgan fingerprint density at radius 3 is 1.05 bits per heavy atom. The summed E-state index contributed by atoms with van der Waals surface area (Å²) in [6.07, 6.45) is 2.39. The van der Waals surface area contributed by atoms with Gasteiger partial charge in [-0.3, -0.25) is 14.4 Å². The second kappa shape index (κ2) is 36.0. The van der Waals surface area contributed by atoms with Gasteiger partial charge in [0.15, 0.2) is 0 Å². The van der Waals surface area contributed by atoms with Crippen molar-refractivity contribution in [1.29, 1.82) is 0 Å². The largest absolute Gasteiger partial charge is 0.481 e. The number of hydrogen-bond donors (Lipinski definition) is 6. The van der Waals surface area contributed by atoms with Crippen molar-refractivity contribution in [3.63, 3.8) is 0 Å². The Labute approximate surface area is 112 Å². The van der Waals surface area contributed by atoms with Crippen molar-refractivity contribution in [1.82, 2.24) is 12.3 Å². The highest BCUT2D eigenvalue weighted by Crippen LogP contribution is 1.69. The Morgan fingerprint density at radius 2 is 1.05 bits per heavy atom. The molecule has 0 unspecified atom stereocenters. The first kappa shape index (κ1) is 36.0. The standard InChI is InChI=1S/C4H8O.3C2H4O2.2H3N/c1-2-3-4-5;3*1-2(3)4;;/h2,5H,1,3-4H2;3*1H3,(H,3,4);2*1H3. The lowest BCUT2D eigenvalue weighted by Gasteiger charge is -1.73. The maximum Gasteiger partial charge on any atom is 0.300 e. The van der Waals surface area contributed by atoms with Crippen molar-refractivity contribution in [2.24, 2.45) is 0 Å². The molecule has 0 fully saturated rings. The Morgan fingerprint density at radius 1 is 0.895 bits per heavy atom. The topological polar surface area (TPSA) is 202 Å². The molecule has 0 radical (unpaired) electrons. The van der Waals surface area contributed by atoms with Crippen LogP contribution < -0.4 is 12.3 Å². The average Bonchev–Trinajstić information content (AvgIpc) is 2.01. The van der Waals surface area contributed by atoms with Crippen LogP contribution in [0.15, 0.2) is 12.7 Å². The summed E-state index contributed by atoms with van der Waals surface area (Å²) in [5, 5.41) is 30.2. The zero-order valence-electron chi connectivity index (χ0n) is 11.6. The molecule has 19 heavy (non-hydrogen) atoms. The van der Waals surface area contributed by atoms with Crippen molar-refractivity contribution in [2.45, 2.75) is 27.2 Å². The van der Waals surface area contributed by atoms with E-state index in [4.69, 9.17) is 34.8 Å². The number of hydrogen-bond acceptors (Lipinski definition) is 6. The molecule has 0 amide bonds. The van der Waals surface area contributed by atoms with Crippen molar-refractivity contribution < 1.29 is 34.8 Å². The quantitative estimate of drug-likeness (QED) is 0.402. The lowest BCUT2D eigenvalue weighted by Crippen LogP contribution is -1.78. The molecule has 0 saturated carbocycles. The summed E-state index contributed by atoms with van der Waals surface area (Å²) >= 11 is 0. The molecule has 0 aliphatic heterocycles. The molecule has 0 aromatic rings. The van der Waals surface area contributed by atoms with Crippen molar-refractivity contribution in [3.8, 4) is 0 Å². The first-order valence-corrected chi connectivity index (χ1v) is 4.42. The molecular weight excluding hydrogens is 260 g/mol. The molecule has 0 spiro atoms. The minimum absolute atomic E-state index is 0. The number of carboxylic acid groups (broad SMARTS) is 3. The second-order valence-electron chi connectivity index (χ2n) is 2.36. The van der Waals surface area contributed by atoms with Crippen LogP contribution in [0.3, 0.4) is 0 Å². The highest BCUT2D eigenvalue weighted by Gasteiger charge is 1.66. The molecule has 0 atom stereocenters. The molecular formula is C10H26N2O7. The molecule has 9 nitrogen and oxygen atoms in total. The van der Waals surface area contributed by atoms with Gasteiger partial charge >= 0.3 is 0 Å². The first-order chi connectivity index (χ1) is 7.61. The first-order valence-electron chi connectivity index (χ1n) is 4.42. The van der Waals surface area contributed by atoms with Gasteiger partial charge in [-0.1, -0.05) is 6.08 Å². The van der Waals surface area contributed by atoms with E-state index in [1.54, 1.807) is 6.08 Å². The third kappa shape index (κ3) is 3510000. The fraction of sp³-hybridized carbons (Fsp3) is 0.500. The zero-order chi connectivity index (χ0) is 14.9. The summed E-state index contributed by atoms with van der Waals surface area (Å²) in [7, 11) is 0. The fourth-order valence-corrected chi connectivity index (χ4v) is 0.0913. The van der Waals surface area contributed by atoms with E-state index in [9.17, 15) is 0 Å². The Hall–Kier alpha value is -1.97. The molecule has 9 heteroatoms. The van der Waals surface area contributed by atoms with E-state index in [1.807, 2.05) is 0 Å². The molecule has 118 valence electrons. The van der Waals surface area contributed by atoms with Gasteiger partial charge in [-0.05, 0) is 6.42 Å². The predicted octanol–water partition coefficient (Wildman–Crippen LogP) is 1.15. The normalized spacial score (nSPS) is 5.89. The molecule has 0 saturated heterocycles. The highest BCUT2D eigenvalue weighted by atomic mass is 16.4. The van der Waals surface area contributed by atoms with Gasteiger partial charge in [0.2, 0.25) is 0 Å². The smallest absolute Gasteiger partial charge is 0.300 e. The Bertz CT molecular complexity index is 179. The highest BCUT2D eigenvalue weighted by molar-refractivity contribution is 5.63. The molecule has 0 aliphatic rings. The minimum Gasteiger partial charge on any atom is -0.481 e. The molecule has 0 bridgehead atoms. The van der Waals surface area contributed by atoms with E-state index in [-0.39, 0.29) is 18.9 Å². The second-order valence-corrected chi connectivity index (χ2v) is 2.36. The van der Waals surface area contributed by atoms with Crippen LogP contribution in [0.25, 0.3) is 0 Å². The zero-order valence-corrected chi connectivity index (χ0v) is 11.6. The summed E-state index contributed by atoms with van der Waals surface area (Å²) in [5.41, 5.74) is 0. The van der Waals surface area contributed by atoms with Crippen LogP contribution in [0.1, 0.15) is 27.2 Å². The van der Waals surface area contributed by atoms with Crippen LogP contribution in [-0.2, 0) is 14.4 Å². The summed E-state index contributed by atoms with van der Waals surface area (Å²) < 4.78 is 0. The SMILES string of the molecule is C=CCCO.CC(=O)O.CC(=O)O.CC(=O)O.N.N. The van der Waals surface area contributed by atoms with E-state index < -0.39 is 17.9 Å². The summed E-state index contributed by atoms with van der Waals surface area (Å²) in [6, 6.07) is 0. The van der Waals surface area contributed by atoms with E-state index in [1.165, 1.54) is 0 Å². The number of rotatable bonds is 2. The molecule has 0 rings (SSSR count). The van der Waals surface area contributed by atoms with Gasteiger partial charge in [-0.15, -0.1) is 6.58 Å². The van der Waals surface area contributed by atoms with Crippen LogP contribution in [0, 0.1) is 0 Å². The van der Waals surface area contributed by atoms with E-state index in [0.717, 1.165) is 20.8 Å². The van der Waals surface area contributed by atoms with Gasteiger partial charge in [0.25, 0.3) is 17.9 Å². The van der Waals surface area contributed by atoms with Crippen LogP contribution >= 0.6 is 0 Å². The molecule has 0 aromatic heterocycles. The monoisotopic (exact) mass is 286 g/mol. The summed E-state index contributed by atoms with van der Waals surface area (Å²) in [5.74, 6) is -2.50. The van der Waals surface area contributed by atoms with Crippen LogP contribution in [0.4, 0.5) is 0 Å². The minimum atomic E-state index is -0.833. The maximum absolute atomic E-state index is 9.00. The molecule has 10 N–H and O–H groups in total. The number of carbonyl (C=O) groups is 3. The number of aliphatic carboxylic acids is 3. The van der Waals surface area contributed by atoms with Gasteiger partial charge in [-0.25, -0.2) is 0 Å². The molecule has 0 aliphatic carbocycles.